The number of amides is 1. The van der Waals surface area contributed by atoms with E-state index in [-0.39, 0.29) is 5.91 Å². The van der Waals surface area contributed by atoms with Crippen LogP contribution in [-0.2, 0) is 4.79 Å². The molecule has 5 heteroatoms. The Balaban J connectivity index is 1.66. The molecule has 0 aliphatic rings. The molecule has 1 N–H and O–H groups in total. The Hall–Kier alpha value is -3.31. The van der Waals surface area contributed by atoms with E-state index in [1.165, 1.54) is 0 Å². The molecule has 1 aromatic heterocycles. The SMILES string of the molecule is CCCCCC(=O)NCCSc1nc(-c2ccccc2)c(-c2ccccc2)n1-c1ccccc1. The number of imidazole rings is 1. The van der Waals surface area contributed by atoms with Gasteiger partial charge in [-0.2, -0.15) is 0 Å². The van der Waals surface area contributed by atoms with E-state index in [0.29, 0.717) is 13.0 Å². The summed E-state index contributed by atoms with van der Waals surface area (Å²) < 4.78 is 2.24. The molecule has 0 unspecified atom stereocenters. The summed E-state index contributed by atoms with van der Waals surface area (Å²) in [6, 6.07) is 31.1. The highest BCUT2D eigenvalue weighted by Crippen LogP contribution is 2.38. The first-order valence-corrected chi connectivity index (χ1v) is 12.9. The van der Waals surface area contributed by atoms with Gasteiger partial charge in [-0.05, 0) is 18.6 Å². The zero-order valence-electron chi connectivity index (χ0n) is 19.6. The van der Waals surface area contributed by atoms with Crippen molar-refractivity contribution in [2.24, 2.45) is 0 Å². The molecule has 0 aliphatic heterocycles. The van der Waals surface area contributed by atoms with Crippen molar-refractivity contribution >= 4 is 17.7 Å². The van der Waals surface area contributed by atoms with Gasteiger partial charge in [-0.3, -0.25) is 9.36 Å². The molecule has 34 heavy (non-hydrogen) atoms. The number of unbranched alkanes of at least 4 members (excludes halogenated alkanes) is 2. The van der Waals surface area contributed by atoms with Crippen LogP contribution in [0.4, 0.5) is 0 Å². The number of aromatic nitrogens is 2. The lowest BCUT2D eigenvalue weighted by atomic mass is 10.0. The van der Waals surface area contributed by atoms with Gasteiger partial charge in [0.25, 0.3) is 0 Å². The first-order valence-electron chi connectivity index (χ1n) is 12.0. The number of carbonyl (C=O) groups is 1. The molecule has 0 spiro atoms. The number of nitrogens with one attached hydrogen (secondary N) is 1. The van der Waals surface area contributed by atoms with Crippen molar-refractivity contribution in [3.63, 3.8) is 0 Å². The van der Waals surface area contributed by atoms with E-state index in [0.717, 1.165) is 58.4 Å². The van der Waals surface area contributed by atoms with Crippen LogP contribution in [0.5, 0.6) is 0 Å². The summed E-state index contributed by atoms with van der Waals surface area (Å²) in [6.07, 6.45) is 3.78. The van der Waals surface area contributed by atoms with Crippen molar-refractivity contribution in [3.8, 4) is 28.2 Å². The van der Waals surface area contributed by atoms with Crippen molar-refractivity contribution in [2.75, 3.05) is 12.3 Å². The Bertz CT molecular complexity index is 1170. The van der Waals surface area contributed by atoms with Crippen molar-refractivity contribution < 1.29 is 4.79 Å². The van der Waals surface area contributed by atoms with Crippen molar-refractivity contribution in [1.29, 1.82) is 0 Å². The summed E-state index contributed by atoms with van der Waals surface area (Å²) >= 11 is 1.67. The number of nitrogens with zero attached hydrogens (tertiary/aromatic N) is 2. The van der Waals surface area contributed by atoms with E-state index >= 15 is 0 Å². The van der Waals surface area contributed by atoms with Crippen LogP contribution in [0.3, 0.4) is 0 Å². The maximum absolute atomic E-state index is 12.1. The Morgan fingerprint density at radius 3 is 2.12 bits per heavy atom. The monoisotopic (exact) mass is 469 g/mol. The molecule has 0 atom stereocenters. The number of benzene rings is 3. The minimum absolute atomic E-state index is 0.135. The third kappa shape index (κ3) is 5.97. The number of thioether (sulfide) groups is 1. The fourth-order valence-electron chi connectivity index (χ4n) is 3.93. The van der Waals surface area contributed by atoms with Crippen LogP contribution < -0.4 is 5.32 Å². The first kappa shape index (κ1) is 23.8. The van der Waals surface area contributed by atoms with E-state index in [4.69, 9.17) is 4.98 Å². The maximum atomic E-state index is 12.1. The summed E-state index contributed by atoms with van der Waals surface area (Å²) in [5, 5.41) is 3.98. The van der Waals surface area contributed by atoms with Crippen molar-refractivity contribution in [2.45, 2.75) is 37.8 Å². The first-order chi connectivity index (χ1) is 16.8. The molecule has 4 aromatic rings. The number of hydrogen-bond donors (Lipinski definition) is 1. The second-order valence-electron chi connectivity index (χ2n) is 8.15. The molecule has 4 nitrogen and oxygen atoms in total. The lowest BCUT2D eigenvalue weighted by Crippen LogP contribution is -2.25. The van der Waals surface area contributed by atoms with Crippen LogP contribution in [0, 0.1) is 0 Å². The van der Waals surface area contributed by atoms with Crippen LogP contribution in [0.1, 0.15) is 32.6 Å². The molecule has 4 rings (SSSR count). The highest BCUT2D eigenvalue weighted by molar-refractivity contribution is 7.99. The van der Waals surface area contributed by atoms with Gasteiger partial charge in [-0.15, -0.1) is 0 Å². The summed E-state index contributed by atoms with van der Waals surface area (Å²) in [6.45, 7) is 2.77. The fraction of sp³-hybridized carbons (Fsp3) is 0.241. The zero-order chi connectivity index (χ0) is 23.6. The summed E-state index contributed by atoms with van der Waals surface area (Å²) in [7, 11) is 0. The van der Waals surface area contributed by atoms with Gasteiger partial charge in [0.2, 0.25) is 5.91 Å². The molecule has 0 saturated heterocycles. The Morgan fingerprint density at radius 1 is 0.853 bits per heavy atom. The topological polar surface area (TPSA) is 46.9 Å². The molecule has 0 bridgehead atoms. The van der Waals surface area contributed by atoms with Crippen LogP contribution in [0.2, 0.25) is 0 Å². The van der Waals surface area contributed by atoms with Gasteiger partial charge in [-0.1, -0.05) is 110 Å². The van der Waals surface area contributed by atoms with Gasteiger partial charge >= 0.3 is 0 Å². The standard InChI is InChI=1S/C29H31N3OS/c1-2-3-7-20-26(33)30-21-22-34-29-31-27(23-14-8-4-9-15-23)28(24-16-10-5-11-17-24)32(29)25-18-12-6-13-19-25/h4-6,8-19H,2-3,7,20-22H2,1H3,(H,30,33). The quantitative estimate of drug-likeness (QED) is 0.190. The summed E-state index contributed by atoms with van der Waals surface area (Å²) in [5.41, 5.74) is 5.31. The minimum Gasteiger partial charge on any atom is -0.355 e. The van der Waals surface area contributed by atoms with E-state index in [1.54, 1.807) is 11.8 Å². The van der Waals surface area contributed by atoms with Gasteiger partial charge in [0, 0.05) is 35.5 Å². The van der Waals surface area contributed by atoms with E-state index in [9.17, 15) is 4.79 Å². The van der Waals surface area contributed by atoms with Gasteiger partial charge < -0.3 is 5.32 Å². The predicted octanol–water partition coefficient (Wildman–Crippen LogP) is 6.99. The molecule has 174 valence electrons. The average Bonchev–Trinajstić information content (AvgIpc) is 3.28. The smallest absolute Gasteiger partial charge is 0.220 e. The summed E-state index contributed by atoms with van der Waals surface area (Å²) in [5.74, 6) is 0.890. The number of rotatable bonds is 11. The largest absolute Gasteiger partial charge is 0.355 e. The minimum atomic E-state index is 0.135. The van der Waals surface area contributed by atoms with Gasteiger partial charge in [0.05, 0.1) is 11.4 Å². The third-order valence-corrected chi connectivity index (χ3v) is 6.56. The Kier molecular flexibility index (Phi) is 8.58. The molecule has 0 saturated carbocycles. The molecule has 3 aromatic carbocycles. The van der Waals surface area contributed by atoms with E-state index in [2.05, 4.69) is 77.5 Å². The molecule has 0 fully saturated rings. The molecular formula is C29H31N3OS. The molecule has 0 aliphatic carbocycles. The zero-order valence-corrected chi connectivity index (χ0v) is 20.4. The number of carbonyl (C=O) groups excluding carboxylic acids is 1. The predicted molar refractivity (Wildman–Crippen MR) is 142 cm³/mol. The lowest BCUT2D eigenvalue weighted by molar-refractivity contribution is -0.121. The second kappa shape index (κ2) is 12.2. The van der Waals surface area contributed by atoms with Crippen molar-refractivity contribution in [3.05, 3.63) is 91.0 Å². The highest BCUT2D eigenvalue weighted by Gasteiger charge is 2.21. The van der Waals surface area contributed by atoms with Crippen LogP contribution in [-0.4, -0.2) is 27.8 Å². The molecule has 1 amide bonds. The summed E-state index contributed by atoms with van der Waals surface area (Å²) in [4.78, 5) is 17.2. The normalized spacial score (nSPS) is 10.9. The van der Waals surface area contributed by atoms with E-state index < -0.39 is 0 Å². The highest BCUT2D eigenvalue weighted by atomic mass is 32.2. The second-order valence-corrected chi connectivity index (χ2v) is 9.21. The molecular weight excluding hydrogens is 438 g/mol. The lowest BCUT2D eigenvalue weighted by Gasteiger charge is -2.13. The van der Waals surface area contributed by atoms with Crippen molar-refractivity contribution in [1.82, 2.24) is 14.9 Å². The Labute approximate surface area is 206 Å². The maximum Gasteiger partial charge on any atom is 0.220 e. The Morgan fingerprint density at radius 2 is 1.47 bits per heavy atom. The average molecular weight is 470 g/mol. The van der Waals surface area contributed by atoms with E-state index in [1.807, 2.05) is 30.3 Å². The number of hydrogen-bond acceptors (Lipinski definition) is 3. The molecule has 1 heterocycles. The van der Waals surface area contributed by atoms with Gasteiger partial charge in [0.15, 0.2) is 5.16 Å². The van der Waals surface area contributed by atoms with Gasteiger partial charge in [0.1, 0.15) is 0 Å². The van der Waals surface area contributed by atoms with Crippen LogP contribution in [0.15, 0.2) is 96.2 Å². The number of para-hydroxylation sites is 1. The fourth-order valence-corrected chi connectivity index (χ4v) is 4.80. The van der Waals surface area contributed by atoms with Crippen LogP contribution >= 0.6 is 11.8 Å². The molecule has 0 radical (unpaired) electrons. The third-order valence-electron chi connectivity index (χ3n) is 5.62. The van der Waals surface area contributed by atoms with Crippen LogP contribution in [0.25, 0.3) is 28.2 Å². The van der Waals surface area contributed by atoms with Gasteiger partial charge in [-0.25, -0.2) is 4.98 Å².